The Bertz CT molecular complexity index is 1710. The molecule has 1 atom stereocenters. The molecule has 78 heavy (non-hydrogen) atoms. The molecule has 0 fully saturated rings. The van der Waals surface area contributed by atoms with Crippen molar-refractivity contribution in [2.45, 2.75) is 277 Å². The lowest BCUT2D eigenvalue weighted by atomic mass is 10.1. The number of allylic oxidation sites excluding steroid dienone is 24. The lowest BCUT2D eigenvalue weighted by Gasteiger charge is -2.18. The second-order valence-corrected chi connectivity index (χ2v) is 20.6. The van der Waals surface area contributed by atoms with Gasteiger partial charge in [0, 0.05) is 19.3 Å². The highest BCUT2D eigenvalue weighted by Crippen LogP contribution is 2.14. The van der Waals surface area contributed by atoms with Crippen molar-refractivity contribution in [2.24, 2.45) is 0 Å². The van der Waals surface area contributed by atoms with Crippen LogP contribution in [0.2, 0.25) is 0 Å². The van der Waals surface area contributed by atoms with E-state index < -0.39 is 6.10 Å². The Morgan fingerprint density at radius 3 is 0.808 bits per heavy atom. The summed E-state index contributed by atoms with van der Waals surface area (Å²) in [7, 11) is 0. The van der Waals surface area contributed by atoms with Crippen LogP contribution in [-0.2, 0) is 28.6 Å². The summed E-state index contributed by atoms with van der Waals surface area (Å²) in [6, 6.07) is 0. The van der Waals surface area contributed by atoms with Crippen molar-refractivity contribution in [2.75, 3.05) is 13.2 Å². The number of ether oxygens (including phenoxy) is 3. The van der Waals surface area contributed by atoms with Crippen molar-refractivity contribution in [1.82, 2.24) is 0 Å². The molecule has 0 saturated carbocycles. The van der Waals surface area contributed by atoms with E-state index in [-0.39, 0.29) is 31.1 Å². The monoisotopic (exact) mass is 1080 g/mol. The normalized spacial score (nSPS) is 13.1. The van der Waals surface area contributed by atoms with Crippen molar-refractivity contribution in [1.29, 1.82) is 0 Å². The van der Waals surface area contributed by atoms with Crippen LogP contribution in [0.3, 0.4) is 0 Å². The fraction of sp³-hybridized carbons (Fsp3) is 0.625. The lowest BCUT2D eigenvalue weighted by molar-refractivity contribution is -0.167. The zero-order valence-electron chi connectivity index (χ0n) is 50.4. The number of unbranched alkanes of at least 4 members (excludes halogenated alkanes) is 21. The molecular weight excluding hydrogens is 961 g/mol. The molecule has 0 aromatic carbocycles. The van der Waals surface area contributed by atoms with E-state index in [0.29, 0.717) is 19.3 Å². The fourth-order valence-corrected chi connectivity index (χ4v) is 8.32. The van der Waals surface area contributed by atoms with Gasteiger partial charge in [0.05, 0.1) is 0 Å². The molecule has 0 aliphatic carbocycles. The van der Waals surface area contributed by atoms with Gasteiger partial charge in [-0.2, -0.15) is 0 Å². The van der Waals surface area contributed by atoms with Gasteiger partial charge in [-0.05, 0) is 128 Å². The maximum atomic E-state index is 12.9. The van der Waals surface area contributed by atoms with Gasteiger partial charge in [0.15, 0.2) is 6.10 Å². The number of hydrogen-bond donors (Lipinski definition) is 0. The Morgan fingerprint density at radius 1 is 0.269 bits per heavy atom. The van der Waals surface area contributed by atoms with Gasteiger partial charge in [-0.15, -0.1) is 0 Å². The van der Waals surface area contributed by atoms with Crippen LogP contribution in [0.5, 0.6) is 0 Å². The van der Waals surface area contributed by atoms with Gasteiger partial charge in [-0.25, -0.2) is 0 Å². The summed E-state index contributed by atoms with van der Waals surface area (Å²) >= 11 is 0. The molecule has 0 N–H and O–H groups in total. The molecule has 0 aliphatic heterocycles. The van der Waals surface area contributed by atoms with Crippen molar-refractivity contribution >= 4 is 17.9 Å². The highest BCUT2D eigenvalue weighted by molar-refractivity contribution is 5.71. The third kappa shape index (κ3) is 62.1. The van der Waals surface area contributed by atoms with Crippen LogP contribution in [0.25, 0.3) is 0 Å². The molecule has 0 bridgehead atoms. The minimum Gasteiger partial charge on any atom is -0.462 e. The lowest BCUT2D eigenvalue weighted by Crippen LogP contribution is -2.30. The molecule has 0 spiro atoms. The van der Waals surface area contributed by atoms with Gasteiger partial charge in [-0.3, -0.25) is 14.4 Å². The van der Waals surface area contributed by atoms with E-state index in [1.807, 2.05) is 0 Å². The number of carbonyl (C=O) groups excluding carboxylic acids is 3. The van der Waals surface area contributed by atoms with Crippen LogP contribution in [0, 0.1) is 0 Å². The Labute approximate surface area is 480 Å². The molecule has 1 unspecified atom stereocenters. The van der Waals surface area contributed by atoms with Gasteiger partial charge in [0.25, 0.3) is 0 Å². The maximum absolute atomic E-state index is 12.9. The van der Waals surface area contributed by atoms with Crippen molar-refractivity contribution in [3.05, 3.63) is 146 Å². The summed E-state index contributed by atoms with van der Waals surface area (Å²) in [6.45, 7) is 6.44. The molecule has 0 heterocycles. The average molecular weight is 1080 g/mol. The second-order valence-electron chi connectivity index (χ2n) is 20.6. The molecule has 0 rings (SSSR count). The van der Waals surface area contributed by atoms with Gasteiger partial charge < -0.3 is 14.2 Å². The minimum absolute atomic E-state index is 0.0927. The molecule has 0 aromatic rings. The largest absolute Gasteiger partial charge is 0.462 e. The van der Waals surface area contributed by atoms with E-state index in [4.69, 9.17) is 14.2 Å². The number of hydrogen-bond acceptors (Lipinski definition) is 6. The van der Waals surface area contributed by atoms with Gasteiger partial charge >= 0.3 is 17.9 Å². The zero-order valence-corrected chi connectivity index (χ0v) is 50.4. The van der Waals surface area contributed by atoms with E-state index in [1.165, 1.54) is 70.6 Å². The van der Waals surface area contributed by atoms with Crippen molar-refractivity contribution in [3.8, 4) is 0 Å². The molecule has 440 valence electrons. The predicted octanol–water partition coefficient (Wildman–Crippen LogP) is 21.9. The van der Waals surface area contributed by atoms with Crippen molar-refractivity contribution in [3.63, 3.8) is 0 Å². The Balaban J connectivity index is 4.26. The fourth-order valence-electron chi connectivity index (χ4n) is 8.32. The molecule has 0 aliphatic rings. The van der Waals surface area contributed by atoms with Crippen molar-refractivity contribution < 1.29 is 28.6 Å². The highest BCUT2D eigenvalue weighted by atomic mass is 16.6. The predicted molar refractivity (Wildman–Crippen MR) is 339 cm³/mol. The topological polar surface area (TPSA) is 78.9 Å². The summed E-state index contributed by atoms with van der Waals surface area (Å²) in [6.07, 6.45) is 92.9. The first-order valence-corrected chi connectivity index (χ1v) is 31.8. The van der Waals surface area contributed by atoms with Crippen LogP contribution in [0.4, 0.5) is 0 Å². The van der Waals surface area contributed by atoms with E-state index in [1.54, 1.807) is 0 Å². The van der Waals surface area contributed by atoms with Gasteiger partial charge in [0.2, 0.25) is 0 Å². The molecular formula is C72H116O6. The van der Waals surface area contributed by atoms with Crippen LogP contribution in [0.15, 0.2) is 146 Å². The zero-order chi connectivity index (χ0) is 56.4. The average Bonchev–Trinajstić information content (AvgIpc) is 3.44. The molecule has 0 saturated heterocycles. The first-order chi connectivity index (χ1) is 38.5. The SMILES string of the molecule is CC/C=C\C/C=C\C/C=C\C/C=C\C/C=C\C/C=C\C/C=C\C/C=C\C/C=C\CCCCCCCC(=O)OCC(COC(=O)CCCCCCCCCC)OC(=O)CCCCCCCC/C=C\C/C=C\C/C=C\CCCCC. The van der Waals surface area contributed by atoms with Crippen LogP contribution in [0.1, 0.15) is 271 Å². The van der Waals surface area contributed by atoms with E-state index in [0.717, 1.165) is 161 Å². The van der Waals surface area contributed by atoms with Gasteiger partial charge in [0.1, 0.15) is 13.2 Å². The molecule has 6 heteroatoms. The summed E-state index contributed by atoms with van der Waals surface area (Å²) in [5.74, 6) is -0.932. The van der Waals surface area contributed by atoms with E-state index in [2.05, 4.69) is 167 Å². The minimum atomic E-state index is -0.797. The summed E-state index contributed by atoms with van der Waals surface area (Å²) in [4.78, 5) is 38.1. The van der Waals surface area contributed by atoms with Crippen LogP contribution < -0.4 is 0 Å². The summed E-state index contributed by atoms with van der Waals surface area (Å²) < 4.78 is 16.8. The molecule has 0 aromatic heterocycles. The molecule has 0 amide bonds. The third-order valence-corrected chi connectivity index (χ3v) is 13.1. The third-order valence-electron chi connectivity index (χ3n) is 13.1. The number of rotatable bonds is 56. The van der Waals surface area contributed by atoms with Crippen LogP contribution in [-0.4, -0.2) is 37.2 Å². The summed E-state index contributed by atoms with van der Waals surface area (Å²) in [5.41, 5.74) is 0. The molecule has 6 nitrogen and oxygen atoms in total. The van der Waals surface area contributed by atoms with E-state index in [9.17, 15) is 14.4 Å². The molecule has 0 radical (unpaired) electrons. The Kier molecular flexibility index (Phi) is 60.9. The summed E-state index contributed by atoms with van der Waals surface area (Å²) in [5, 5.41) is 0. The highest BCUT2D eigenvalue weighted by Gasteiger charge is 2.19. The standard InChI is InChI=1S/C72H116O6/c1-4-7-10-13-16-19-21-23-25-27-29-30-31-32-33-34-35-36-37-38-39-40-41-42-44-45-47-49-51-53-56-59-62-65-71(74)77-68-69(67-76-70(73)64-61-58-55-18-15-12-9-6-3)78-72(75)66-63-60-57-54-52-50-48-46-43-28-26-24-22-20-17-14-11-8-5-2/h7,10,16-17,19-20,23-26,29-30,32-33,35-36,38-39,41-43,45-47,69H,4-6,8-9,11-15,18,21-22,27-28,31,34,37,40,44,48-68H2,1-3H3/b10-7-,19-16-,20-17-,25-23-,26-24-,30-29-,33-32-,36-35-,39-38-,42-41-,46-43-,47-45-. The Hall–Kier alpha value is -4.71. The number of esters is 3. The van der Waals surface area contributed by atoms with E-state index >= 15 is 0 Å². The number of carbonyl (C=O) groups is 3. The first kappa shape index (κ1) is 73.3. The quantitative estimate of drug-likeness (QED) is 0.0261. The second kappa shape index (κ2) is 64.8. The smallest absolute Gasteiger partial charge is 0.306 e. The maximum Gasteiger partial charge on any atom is 0.306 e. The Morgan fingerprint density at radius 2 is 0.500 bits per heavy atom. The van der Waals surface area contributed by atoms with Gasteiger partial charge in [-0.1, -0.05) is 269 Å². The first-order valence-electron chi connectivity index (χ1n) is 31.8. The van der Waals surface area contributed by atoms with Crippen LogP contribution >= 0.6 is 0 Å².